The van der Waals surface area contributed by atoms with E-state index in [4.69, 9.17) is 4.74 Å². The lowest BCUT2D eigenvalue weighted by Crippen LogP contribution is -2.11. The van der Waals surface area contributed by atoms with E-state index < -0.39 is 10.7 Å². The number of nitrogens with one attached hydrogen (secondary N) is 1. The molecule has 0 aliphatic carbocycles. The van der Waals surface area contributed by atoms with Crippen LogP contribution in [0.3, 0.4) is 0 Å². The van der Waals surface area contributed by atoms with Gasteiger partial charge < -0.3 is 10.1 Å². The number of nitro groups is 1. The molecular weight excluding hydrogens is 215 g/mol. The van der Waals surface area contributed by atoms with Gasteiger partial charge in [0.1, 0.15) is 0 Å². The fourth-order valence-corrected chi connectivity index (χ4v) is 1.15. The lowest BCUT2D eigenvalue weighted by molar-refractivity contribution is -0.385. The Hall–Kier alpha value is -1.69. The predicted molar refractivity (Wildman–Crippen MR) is 57.1 cm³/mol. The Labute approximate surface area is 92.4 Å². The van der Waals surface area contributed by atoms with E-state index >= 15 is 0 Å². The first-order valence-corrected chi connectivity index (χ1v) is 4.86. The monoisotopic (exact) mass is 228 g/mol. The van der Waals surface area contributed by atoms with Crippen LogP contribution >= 0.6 is 0 Å². The largest absolute Gasteiger partial charge is 0.490 e. The third kappa shape index (κ3) is 3.47. The summed E-state index contributed by atoms with van der Waals surface area (Å²) in [7, 11) is 1.81. The van der Waals surface area contributed by atoms with Gasteiger partial charge in [0.2, 0.25) is 0 Å². The van der Waals surface area contributed by atoms with Crippen molar-refractivity contribution in [2.75, 3.05) is 20.2 Å². The van der Waals surface area contributed by atoms with E-state index in [9.17, 15) is 14.5 Å². The molecular formula is C10H13FN2O3. The van der Waals surface area contributed by atoms with Crippen LogP contribution in [0.2, 0.25) is 0 Å². The van der Waals surface area contributed by atoms with Crippen molar-refractivity contribution in [1.29, 1.82) is 0 Å². The van der Waals surface area contributed by atoms with Crippen LogP contribution in [0, 0.1) is 15.9 Å². The lowest BCUT2D eigenvalue weighted by Gasteiger charge is -2.06. The highest BCUT2D eigenvalue weighted by molar-refractivity contribution is 5.37. The minimum atomic E-state index is -0.710. The molecule has 0 saturated heterocycles. The van der Waals surface area contributed by atoms with Gasteiger partial charge in [-0.1, -0.05) is 0 Å². The Morgan fingerprint density at radius 3 is 2.88 bits per heavy atom. The third-order valence-electron chi connectivity index (χ3n) is 1.95. The predicted octanol–water partition coefficient (Wildman–Crippen LogP) is 1.72. The second kappa shape index (κ2) is 6.02. The van der Waals surface area contributed by atoms with Gasteiger partial charge in [-0.3, -0.25) is 10.1 Å². The molecule has 0 radical (unpaired) electrons. The zero-order valence-electron chi connectivity index (χ0n) is 8.90. The van der Waals surface area contributed by atoms with Crippen molar-refractivity contribution in [3.05, 3.63) is 34.1 Å². The molecule has 88 valence electrons. The zero-order valence-corrected chi connectivity index (χ0v) is 8.90. The SMILES string of the molecule is CNCCCOc1ccc([N+](=O)[O-])cc1F. The summed E-state index contributed by atoms with van der Waals surface area (Å²) in [4.78, 5) is 9.71. The van der Waals surface area contributed by atoms with Gasteiger partial charge in [-0.15, -0.1) is 0 Å². The van der Waals surface area contributed by atoms with Crippen LogP contribution in [-0.4, -0.2) is 25.1 Å². The number of hydrogen-bond acceptors (Lipinski definition) is 4. The highest BCUT2D eigenvalue weighted by Crippen LogP contribution is 2.22. The topological polar surface area (TPSA) is 64.4 Å². The summed E-state index contributed by atoms with van der Waals surface area (Å²) in [5, 5.41) is 13.3. The average molecular weight is 228 g/mol. The van der Waals surface area contributed by atoms with Gasteiger partial charge in [-0.25, -0.2) is 4.39 Å². The van der Waals surface area contributed by atoms with Crippen LogP contribution in [0.25, 0.3) is 0 Å². The molecule has 0 saturated carbocycles. The fourth-order valence-electron chi connectivity index (χ4n) is 1.15. The van der Waals surface area contributed by atoms with Crippen molar-refractivity contribution in [3.8, 4) is 5.75 Å². The summed E-state index contributed by atoms with van der Waals surface area (Å²) in [6, 6.07) is 3.34. The lowest BCUT2D eigenvalue weighted by atomic mass is 10.3. The van der Waals surface area contributed by atoms with Crippen LogP contribution in [0.1, 0.15) is 6.42 Å². The van der Waals surface area contributed by atoms with Crippen LogP contribution in [0.5, 0.6) is 5.75 Å². The molecule has 0 atom stereocenters. The molecule has 0 spiro atoms. The number of benzene rings is 1. The summed E-state index contributed by atoms with van der Waals surface area (Å²) >= 11 is 0. The second-order valence-electron chi connectivity index (χ2n) is 3.18. The van der Waals surface area contributed by atoms with Gasteiger partial charge in [0.05, 0.1) is 17.6 Å². The number of nitrogens with zero attached hydrogens (tertiary/aromatic N) is 1. The highest BCUT2D eigenvalue weighted by Gasteiger charge is 2.11. The van der Waals surface area contributed by atoms with Crippen LogP contribution in [-0.2, 0) is 0 Å². The van der Waals surface area contributed by atoms with E-state index in [0.29, 0.717) is 6.61 Å². The summed E-state index contributed by atoms with van der Waals surface area (Å²) in [5.41, 5.74) is -0.278. The first kappa shape index (κ1) is 12.4. The normalized spacial score (nSPS) is 10.1. The molecule has 16 heavy (non-hydrogen) atoms. The smallest absolute Gasteiger partial charge is 0.272 e. The maximum absolute atomic E-state index is 13.3. The quantitative estimate of drug-likeness (QED) is 0.457. The molecule has 1 aromatic carbocycles. The van der Waals surface area contributed by atoms with Crippen LogP contribution in [0.4, 0.5) is 10.1 Å². The van der Waals surface area contributed by atoms with Crippen molar-refractivity contribution in [2.45, 2.75) is 6.42 Å². The molecule has 5 nitrogen and oxygen atoms in total. The number of halogens is 1. The van der Waals surface area contributed by atoms with Gasteiger partial charge in [0, 0.05) is 6.07 Å². The van der Waals surface area contributed by atoms with Gasteiger partial charge in [0.15, 0.2) is 11.6 Å². The Kier molecular flexibility index (Phi) is 4.65. The number of non-ortho nitro benzene ring substituents is 1. The fraction of sp³-hybridized carbons (Fsp3) is 0.400. The summed E-state index contributed by atoms with van der Waals surface area (Å²) in [5.74, 6) is -0.666. The molecule has 0 aliphatic rings. The van der Waals surface area contributed by atoms with E-state index in [1.165, 1.54) is 12.1 Å². The molecule has 1 aromatic rings. The molecule has 0 unspecified atom stereocenters. The highest BCUT2D eigenvalue weighted by atomic mass is 19.1. The average Bonchev–Trinajstić information content (AvgIpc) is 2.26. The first-order chi connectivity index (χ1) is 7.65. The summed E-state index contributed by atoms with van der Waals surface area (Å²) in [6.07, 6.45) is 0.743. The standard InChI is InChI=1S/C10H13FN2O3/c1-12-5-2-6-16-10-4-3-8(13(14)15)7-9(10)11/h3-4,7,12H,2,5-6H2,1H3. The molecule has 0 fully saturated rings. The van der Waals surface area contributed by atoms with E-state index in [1.807, 2.05) is 7.05 Å². The number of ether oxygens (including phenoxy) is 1. The second-order valence-corrected chi connectivity index (χ2v) is 3.18. The third-order valence-corrected chi connectivity index (χ3v) is 1.95. The van der Waals surface area contributed by atoms with Gasteiger partial charge in [-0.2, -0.15) is 0 Å². The summed E-state index contributed by atoms with van der Waals surface area (Å²) in [6.45, 7) is 1.14. The van der Waals surface area contributed by atoms with E-state index in [-0.39, 0.29) is 11.4 Å². The molecule has 0 heterocycles. The van der Waals surface area contributed by atoms with Crippen LogP contribution in [0.15, 0.2) is 18.2 Å². The van der Waals surface area contributed by atoms with E-state index in [0.717, 1.165) is 19.0 Å². The van der Waals surface area contributed by atoms with Crippen molar-refractivity contribution < 1.29 is 14.1 Å². The van der Waals surface area contributed by atoms with Gasteiger partial charge >= 0.3 is 0 Å². The van der Waals surface area contributed by atoms with Crippen molar-refractivity contribution in [2.24, 2.45) is 0 Å². The van der Waals surface area contributed by atoms with Crippen LogP contribution < -0.4 is 10.1 Å². The Balaban J connectivity index is 2.57. The van der Waals surface area contributed by atoms with Crippen molar-refractivity contribution in [3.63, 3.8) is 0 Å². The Morgan fingerprint density at radius 1 is 1.56 bits per heavy atom. The Morgan fingerprint density at radius 2 is 2.31 bits per heavy atom. The molecule has 1 rings (SSSR count). The Bertz CT molecular complexity index is 371. The maximum Gasteiger partial charge on any atom is 0.272 e. The first-order valence-electron chi connectivity index (χ1n) is 4.86. The molecule has 0 amide bonds. The van der Waals surface area contributed by atoms with Crippen molar-refractivity contribution in [1.82, 2.24) is 5.32 Å². The molecule has 6 heteroatoms. The number of hydrogen-bond donors (Lipinski definition) is 1. The molecule has 0 bridgehead atoms. The minimum absolute atomic E-state index is 0.0432. The van der Waals surface area contributed by atoms with Crippen molar-refractivity contribution >= 4 is 5.69 Å². The summed E-state index contributed by atoms with van der Waals surface area (Å²) < 4.78 is 18.4. The number of nitro benzene ring substituents is 1. The maximum atomic E-state index is 13.3. The zero-order chi connectivity index (χ0) is 12.0. The number of rotatable bonds is 6. The molecule has 1 N–H and O–H groups in total. The molecule has 0 aromatic heterocycles. The van der Waals surface area contributed by atoms with E-state index in [2.05, 4.69) is 5.32 Å². The van der Waals surface area contributed by atoms with Gasteiger partial charge in [-0.05, 0) is 26.1 Å². The van der Waals surface area contributed by atoms with Gasteiger partial charge in [0.25, 0.3) is 5.69 Å². The van der Waals surface area contributed by atoms with E-state index in [1.54, 1.807) is 0 Å². The molecule has 0 aliphatic heterocycles. The minimum Gasteiger partial charge on any atom is -0.490 e.